The maximum atomic E-state index is 13.2. The van der Waals surface area contributed by atoms with E-state index in [2.05, 4.69) is 12.1 Å². The number of aromatic nitrogens is 2. The summed E-state index contributed by atoms with van der Waals surface area (Å²) in [6.07, 6.45) is 2.52. The second-order valence-electron chi connectivity index (χ2n) is 7.74. The molecule has 1 aromatic heterocycles. The summed E-state index contributed by atoms with van der Waals surface area (Å²) >= 11 is 1.59. The smallest absolute Gasteiger partial charge is 0.262 e. The molecule has 6 nitrogen and oxygen atoms in total. The topological polar surface area (TPSA) is 95.1 Å². The van der Waals surface area contributed by atoms with Crippen LogP contribution in [0.2, 0.25) is 0 Å². The Balaban J connectivity index is 1.52. The third-order valence-electron chi connectivity index (χ3n) is 5.39. The lowest BCUT2D eigenvalue weighted by molar-refractivity contribution is 0.593. The van der Waals surface area contributed by atoms with Gasteiger partial charge in [-0.25, -0.2) is 18.5 Å². The molecule has 170 valence electrons. The fourth-order valence-electron chi connectivity index (χ4n) is 3.63. The molecule has 0 aliphatic carbocycles. The van der Waals surface area contributed by atoms with E-state index in [9.17, 15) is 13.2 Å². The molecule has 4 aromatic rings. The van der Waals surface area contributed by atoms with E-state index in [0.717, 1.165) is 24.2 Å². The minimum absolute atomic E-state index is 0.0627. The Kier molecular flexibility index (Phi) is 7.27. The molecule has 0 spiro atoms. The van der Waals surface area contributed by atoms with Crippen LogP contribution in [0, 0.1) is 0 Å². The number of primary sulfonamides is 1. The van der Waals surface area contributed by atoms with Gasteiger partial charge in [0.25, 0.3) is 5.56 Å². The molecule has 0 fully saturated rings. The van der Waals surface area contributed by atoms with Crippen LogP contribution in [0.4, 0.5) is 0 Å². The van der Waals surface area contributed by atoms with Gasteiger partial charge in [0.1, 0.15) is 0 Å². The van der Waals surface area contributed by atoms with Crippen molar-refractivity contribution in [1.29, 1.82) is 0 Å². The first-order valence-electron chi connectivity index (χ1n) is 10.7. The number of rotatable bonds is 9. The predicted molar refractivity (Wildman–Crippen MR) is 133 cm³/mol. The van der Waals surface area contributed by atoms with Crippen molar-refractivity contribution in [1.82, 2.24) is 9.55 Å². The molecule has 8 heteroatoms. The van der Waals surface area contributed by atoms with Gasteiger partial charge in [-0.15, -0.1) is 0 Å². The lowest BCUT2D eigenvalue weighted by Gasteiger charge is -2.13. The largest absolute Gasteiger partial charge is 0.287 e. The van der Waals surface area contributed by atoms with Gasteiger partial charge in [-0.1, -0.05) is 66.4 Å². The van der Waals surface area contributed by atoms with Crippen LogP contribution in [0.5, 0.6) is 0 Å². The molecule has 0 aliphatic rings. The van der Waals surface area contributed by atoms with Crippen LogP contribution in [-0.2, 0) is 29.4 Å². The van der Waals surface area contributed by atoms with Crippen LogP contribution >= 0.6 is 11.8 Å². The van der Waals surface area contributed by atoms with Crippen LogP contribution < -0.4 is 10.7 Å². The second-order valence-corrected chi connectivity index (χ2v) is 10.4. The summed E-state index contributed by atoms with van der Waals surface area (Å²) in [7, 11) is -3.73. The molecule has 0 unspecified atom stereocenters. The lowest BCUT2D eigenvalue weighted by atomic mass is 10.1. The number of para-hydroxylation sites is 1. The number of nitrogens with two attached hydrogens (primary N) is 1. The zero-order chi connectivity index (χ0) is 23.3. The summed E-state index contributed by atoms with van der Waals surface area (Å²) < 4.78 is 24.7. The monoisotopic (exact) mass is 479 g/mol. The molecule has 0 atom stereocenters. The number of nitrogens with zero attached hydrogens (tertiary/aromatic N) is 2. The highest BCUT2D eigenvalue weighted by atomic mass is 32.2. The van der Waals surface area contributed by atoms with E-state index in [1.165, 1.54) is 17.7 Å². The summed E-state index contributed by atoms with van der Waals surface area (Å²) in [6.45, 7) is 0.451. The standard InChI is InChI=1S/C25H25N3O3S2/c26-33(30,31)21-14-12-20(13-15-21)16-17-28-24(29)22-10-4-5-11-23(22)27-25(28)32-18-6-9-19-7-2-1-3-8-19/h1-5,7-8,10-15H,6,9,16-18H2,(H2,26,30,31). The summed E-state index contributed by atoms with van der Waals surface area (Å²) in [5.41, 5.74) is 2.85. The molecular weight excluding hydrogens is 454 g/mol. The Bertz CT molecular complexity index is 1400. The molecule has 0 aliphatic heterocycles. The Morgan fingerprint density at radius 3 is 2.24 bits per heavy atom. The molecular formula is C25H25N3O3S2. The highest BCUT2D eigenvalue weighted by Gasteiger charge is 2.12. The van der Waals surface area contributed by atoms with Crippen molar-refractivity contribution in [2.24, 2.45) is 5.14 Å². The first kappa shape index (κ1) is 23.2. The number of aryl methyl sites for hydroxylation is 2. The average molecular weight is 480 g/mol. The number of hydrogen-bond acceptors (Lipinski definition) is 5. The van der Waals surface area contributed by atoms with E-state index >= 15 is 0 Å². The minimum Gasteiger partial charge on any atom is -0.287 e. The molecule has 0 amide bonds. The van der Waals surface area contributed by atoms with Gasteiger partial charge >= 0.3 is 0 Å². The fraction of sp³-hybridized carbons (Fsp3) is 0.200. The third kappa shape index (κ3) is 5.90. The summed E-state index contributed by atoms with van der Waals surface area (Å²) in [5.74, 6) is 0.850. The Morgan fingerprint density at radius 2 is 1.52 bits per heavy atom. The van der Waals surface area contributed by atoms with Gasteiger partial charge in [-0.3, -0.25) is 9.36 Å². The molecule has 4 rings (SSSR count). The van der Waals surface area contributed by atoms with Gasteiger partial charge in [0.2, 0.25) is 10.0 Å². The predicted octanol–water partition coefficient (Wildman–Crippen LogP) is 4.01. The number of sulfonamides is 1. The Labute approximate surface area is 197 Å². The van der Waals surface area contributed by atoms with Gasteiger partial charge in [0.15, 0.2) is 5.16 Å². The van der Waals surface area contributed by atoms with Gasteiger partial charge in [0, 0.05) is 12.3 Å². The van der Waals surface area contributed by atoms with Crippen molar-refractivity contribution in [3.63, 3.8) is 0 Å². The molecule has 3 aromatic carbocycles. The first-order valence-corrected chi connectivity index (χ1v) is 13.2. The van der Waals surface area contributed by atoms with E-state index in [0.29, 0.717) is 29.0 Å². The SMILES string of the molecule is NS(=O)(=O)c1ccc(CCn2c(SCCCc3ccccc3)nc3ccccc3c2=O)cc1. The zero-order valence-corrected chi connectivity index (χ0v) is 19.7. The van der Waals surface area contributed by atoms with E-state index < -0.39 is 10.0 Å². The maximum absolute atomic E-state index is 13.2. The van der Waals surface area contributed by atoms with Crippen molar-refractivity contribution in [3.8, 4) is 0 Å². The maximum Gasteiger partial charge on any atom is 0.262 e. The van der Waals surface area contributed by atoms with Crippen molar-refractivity contribution in [3.05, 3.63) is 100 Å². The van der Waals surface area contributed by atoms with E-state index in [4.69, 9.17) is 10.1 Å². The molecule has 0 saturated heterocycles. The van der Waals surface area contributed by atoms with Crippen LogP contribution in [0.25, 0.3) is 10.9 Å². The van der Waals surface area contributed by atoms with Crippen molar-refractivity contribution in [2.75, 3.05) is 5.75 Å². The highest BCUT2D eigenvalue weighted by Crippen LogP contribution is 2.20. The van der Waals surface area contributed by atoms with Gasteiger partial charge in [-0.2, -0.15) is 0 Å². The van der Waals surface area contributed by atoms with Gasteiger partial charge in [0.05, 0.1) is 15.8 Å². The normalized spacial score (nSPS) is 11.7. The molecule has 1 heterocycles. The van der Waals surface area contributed by atoms with Crippen LogP contribution in [0.15, 0.2) is 93.7 Å². The third-order valence-corrected chi connectivity index (χ3v) is 7.38. The quantitative estimate of drug-likeness (QED) is 0.222. The summed E-state index contributed by atoms with van der Waals surface area (Å²) in [4.78, 5) is 18.1. The minimum atomic E-state index is -3.73. The fourth-order valence-corrected chi connectivity index (χ4v) is 5.11. The van der Waals surface area contributed by atoms with Crippen LogP contribution in [-0.4, -0.2) is 23.7 Å². The number of hydrogen-bond donors (Lipinski definition) is 1. The number of fused-ring (bicyclic) bond motifs is 1. The lowest BCUT2D eigenvalue weighted by Crippen LogP contribution is -2.24. The average Bonchev–Trinajstić information content (AvgIpc) is 2.82. The van der Waals surface area contributed by atoms with E-state index in [1.807, 2.05) is 36.4 Å². The number of benzene rings is 3. The number of thioether (sulfide) groups is 1. The van der Waals surface area contributed by atoms with Crippen LogP contribution in [0.3, 0.4) is 0 Å². The van der Waals surface area contributed by atoms with E-state index in [1.54, 1.807) is 34.5 Å². The van der Waals surface area contributed by atoms with Crippen molar-refractivity contribution in [2.45, 2.75) is 35.9 Å². The molecule has 0 bridgehead atoms. The zero-order valence-electron chi connectivity index (χ0n) is 18.1. The van der Waals surface area contributed by atoms with Crippen molar-refractivity contribution >= 4 is 32.7 Å². The van der Waals surface area contributed by atoms with Gasteiger partial charge < -0.3 is 0 Å². The molecule has 33 heavy (non-hydrogen) atoms. The van der Waals surface area contributed by atoms with Crippen molar-refractivity contribution < 1.29 is 8.42 Å². The Morgan fingerprint density at radius 1 is 0.848 bits per heavy atom. The highest BCUT2D eigenvalue weighted by molar-refractivity contribution is 7.99. The van der Waals surface area contributed by atoms with Gasteiger partial charge in [-0.05, 0) is 54.7 Å². The van der Waals surface area contributed by atoms with Crippen LogP contribution in [0.1, 0.15) is 17.5 Å². The van der Waals surface area contributed by atoms with E-state index in [-0.39, 0.29) is 10.5 Å². The summed E-state index contributed by atoms with van der Waals surface area (Å²) in [5, 5.41) is 6.47. The molecule has 0 saturated carbocycles. The first-order chi connectivity index (χ1) is 15.9. The second kappa shape index (κ2) is 10.3. The summed E-state index contributed by atoms with van der Waals surface area (Å²) in [6, 6.07) is 24.2. The molecule has 0 radical (unpaired) electrons. The Hall–Kier alpha value is -2.94. The molecule has 2 N–H and O–H groups in total.